The van der Waals surface area contributed by atoms with E-state index in [1.807, 2.05) is 0 Å². The van der Waals surface area contributed by atoms with E-state index in [0.29, 0.717) is 5.92 Å². The summed E-state index contributed by atoms with van der Waals surface area (Å²) in [5, 5.41) is 0. The third kappa shape index (κ3) is 4.18. The molecule has 4 rings (SSSR count). The van der Waals surface area contributed by atoms with Gasteiger partial charge in [0, 0.05) is 37.3 Å². The molecule has 0 aliphatic carbocycles. The van der Waals surface area contributed by atoms with Crippen LogP contribution in [0.4, 0.5) is 5.82 Å². The maximum atomic E-state index is 4.60. The fourth-order valence-corrected chi connectivity index (χ4v) is 4.09. The molecule has 0 atom stereocenters. The summed E-state index contributed by atoms with van der Waals surface area (Å²) < 4.78 is 0. The van der Waals surface area contributed by atoms with Gasteiger partial charge in [-0.1, -0.05) is 30.3 Å². The van der Waals surface area contributed by atoms with Crippen LogP contribution in [0.2, 0.25) is 0 Å². The van der Waals surface area contributed by atoms with Crippen molar-refractivity contribution in [1.29, 1.82) is 0 Å². The molecule has 1 aromatic carbocycles. The predicted molar refractivity (Wildman–Crippen MR) is 102 cm³/mol. The number of aromatic nitrogens is 2. The van der Waals surface area contributed by atoms with Gasteiger partial charge in [-0.05, 0) is 50.8 Å². The zero-order valence-corrected chi connectivity index (χ0v) is 15.0. The van der Waals surface area contributed by atoms with Gasteiger partial charge in [0.25, 0.3) is 0 Å². The molecule has 2 fully saturated rings. The van der Waals surface area contributed by atoms with E-state index in [9.17, 15) is 0 Å². The van der Waals surface area contributed by atoms with Crippen LogP contribution in [0.3, 0.4) is 0 Å². The van der Waals surface area contributed by atoms with Crippen molar-refractivity contribution in [2.75, 3.05) is 37.6 Å². The molecule has 0 bridgehead atoms. The Morgan fingerprint density at radius 2 is 1.68 bits per heavy atom. The Bertz CT molecular complexity index is 659. The van der Waals surface area contributed by atoms with Crippen LogP contribution in [-0.4, -0.2) is 47.6 Å². The van der Waals surface area contributed by atoms with Gasteiger partial charge in [0.15, 0.2) is 0 Å². The second-order valence-electron chi connectivity index (χ2n) is 7.35. The molecule has 132 valence electrons. The van der Waals surface area contributed by atoms with Crippen molar-refractivity contribution >= 4 is 5.82 Å². The highest BCUT2D eigenvalue weighted by Gasteiger charge is 2.23. The molecular weight excluding hydrogens is 308 g/mol. The van der Waals surface area contributed by atoms with Gasteiger partial charge >= 0.3 is 0 Å². The van der Waals surface area contributed by atoms with Crippen molar-refractivity contribution in [2.45, 2.75) is 38.0 Å². The molecule has 0 radical (unpaired) electrons. The smallest absolute Gasteiger partial charge is 0.132 e. The van der Waals surface area contributed by atoms with Crippen LogP contribution in [0.5, 0.6) is 0 Å². The molecule has 0 saturated carbocycles. The number of hydrogen-bond acceptors (Lipinski definition) is 4. The Morgan fingerprint density at radius 1 is 0.920 bits per heavy atom. The Kier molecular flexibility index (Phi) is 5.26. The predicted octanol–water partition coefficient (Wildman–Crippen LogP) is 3.50. The first-order valence-electron chi connectivity index (χ1n) is 9.72. The third-order valence-electron chi connectivity index (χ3n) is 5.67. The molecule has 3 heterocycles. The zero-order chi connectivity index (χ0) is 16.9. The summed E-state index contributed by atoms with van der Waals surface area (Å²) in [6.07, 6.45) is 7.93. The molecule has 25 heavy (non-hydrogen) atoms. The number of likely N-dealkylation sites (tertiary alicyclic amines) is 1. The molecule has 4 heteroatoms. The Labute approximate surface area is 150 Å². The van der Waals surface area contributed by atoms with Crippen molar-refractivity contribution in [3.63, 3.8) is 0 Å². The second-order valence-corrected chi connectivity index (χ2v) is 7.35. The van der Waals surface area contributed by atoms with E-state index in [0.717, 1.165) is 25.3 Å². The summed E-state index contributed by atoms with van der Waals surface area (Å²) in [5.41, 5.74) is 2.69. The highest BCUT2D eigenvalue weighted by atomic mass is 15.2. The van der Waals surface area contributed by atoms with Crippen molar-refractivity contribution in [3.05, 3.63) is 54.0 Å². The molecule has 0 N–H and O–H groups in total. The van der Waals surface area contributed by atoms with Gasteiger partial charge < -0.3 is 9.80 Å². The average Bonchev–Trinajstić information content (AvgIpc) is 3.23. The first-order valence-corrected chi connectivity index (χ1v) is 9.72. The number of nitrogens with zero attached hydrogens (tertiary/aromatic N) is 4. The van der Waals surface area contributed by atoms with Crippen LogP contribution in [0, 0.1) is 0 Å². The summed E-state index contributed by atoms with van der Waals surface area (Å²) in [4.78, 5) is 14.1. The minimum atomic E-state index is 0.595. The molecular formula is C21H28N4. The van der Waals surface area contributed by atoms with Crippen LogP contribution in [0.25, 0.3) is 0 Å². The average molecular weight is 336 g/mol. The van der Waals surface area contributed by atoms with Crippen molar-refractivity contribution in [3.8, 4) is 0 Å². The standard InChI is InChI=1S/C21H28N4/c1-2-6-18(7-3-1)8-13-24-14-9-19(10-15-24)20-16-21(23-17-22-20)25-11-4-5-12-25/h1-3,6-7,16-17,19H,4-5,8-15H2. The number of hydrogen-bond donors (Lipinski definition) is 0. The van der Waals surface area contributed by atoms with Crippen molar-refractivity contribution in [1.82, 2.24) is 14.9 Å². The van der Waals surface area contributed by atoms with Crippen LogP contribution in [0.1, 0.15) is 42.9 Å². The van der Waals surface area contributed by atoms with Crippen molar-refractivity contribution < 1.29 is 0 Å². The zero-order valence-electron chi connectivity index (χ0n) is 15.0. The van der Waals surface area contributed by atoms with Crippen molar-refractivity contribution in [2.24, 2.45) is 0 Å². The lowest BCUT2D eigenvalue weighted by Crippen LogP contribution is -2.34. The first-order chi connectivity index (χ1) is 12.4. The number of rotatable bonds is 5. The highest BCUT2D eigenvalue weighted by Crippen LogP contribution is 2.29. The number of anilines is 1. The van der Waals surface area contributed by atoms with Gasteiger partial charge in [0.05, 0.1) is 0 Å². The highest BCUT2D eigenvalue weighted by molar-refractivity contribution is 5.40. The fraction of sp³-hybridized carbons (Fsp3) is 0.524. The van der Waals surface area contributed by atoms with Gasteiger partial charge in [-0.2, -0.15) is 0 Å². The summed E-state index contributed by atoms with van der Waals surface area (Å²) >= 11 is 0. The molecule has 4 nitrogen and oxygen atoms in total. The first kappa shape index (κ1) is 16.5. The number of piperidine rings is 1. The normalized spacial score (nSPS) is 19.4. The SMILES string of the molecule is c1ccc(CCN2CCC(c3cc(N4CCCC4)ncn3)CC2)cc1. The summed E-state index contributed by atoms with van der Waals surface area (Å²) in [7, 11) is 0. The minimum Gasteiger partial charge on any atom is -0.357 e. The maximum Gasteiger partial charge on any atom is 0.132 e. The lowest BCUT2D eigenvalue weighted by molar-refractivity contribution is 0.213. The van der Waals surface area contributed by atoms with Gasteiger partial charge in [-0.25, -0.2) is 9.97 Å². The second kappa shape index (κ2) is 7.96. The molecule has 2 saturated heterocycles. The quantitative estimate of drug-likeness (QED) is 0.836. The minimum absolute atomic E-state index is 0.595. The van der Waals surface area contributed by atoms with E-state index >= 15 is 0 Å². The summed E-state index contributed by atoms with van der Waals surface area (Å²) in [6.45, 7) is 5.82. The van der Waals surface area contributed by atoms with Gasteiger partial charge in [0.2, 0.25) is 0 Å². The van der Waals surface area contributed by atoms with Crippen LogP contribution >= 0.6 is 0 Å². The molecule has 0 spiro atoms. The fourth-order valence-electron chi connectivity index (χ4n) is 4.09. The van der Waals surface area contributed by atoms with Crippen LogP contribution in [-0.2, 0) is 6.42 Å². The van der Waals surface area contributed by atoms with E-state index in [1.165, 1.54) is 56.6 Å². The van der Waals surface area contributed by atoms with E-state index in [-0.39, 0.29) is 0 Å². The third-order valence-corrected chi connectivity index (χ3v) is 5.67. The molecule has 0 unspecified atom stereocenters. The lowest BCUT2D eigenvalue weighted by Gasteiger charge is -2.32. The molecule has 0 amide bonds. The Morgan fingerprint density at radius 3 is 2.44 bits per heavy atom. The Hall–Kier alpha value is -1.94. The number of benzene rings is 1. The van der Waals surface area contributed by atoms with E-state index in [4.69, 9.17) is 0 Å². The largest absolute Gasteiger partial charge is 0.357 e. The van der Waals surface area contributed by atoms with Crippen LogP contribution < -0.4 is 4.90 Å². The molecule has 2 aliphatic rings. The van der Waals surface area contributed by atoms with Crippen LogP contribution in [0.15, 0.2) is 42.7 Å². The van der Waals surface area contributed by atoms with E-state index in [2.05, 4.69) is 56.2 Å². The van der Waals surface area contributed by atoms with Gasteiger partial charge in [-0.3, -0.25) is 0 Å². The molecule has 2 aliphatic heterocycles. The Balaban J connectivity index is 1.30. The molecule has 2 aromatic rings. The summed E-state index contributed by atoms with van der Waals surface area (Å²) in [5.74, 6) is 1.73. The van der Waals surface area contributed by atoms with Gasteiger partial charge in [-0.15, -0.1) is 0 Å². The van der Waals surface area contributed by atoms with E-state index in [1.54, 1.807) is 6.33 Å². The molecule has 1 aromatic heterocycles. The topological polar surface area (TPSA) is 32.3 Å². The summed E-state index contributed by atoms with van der Waals surface area (Å²) in [6, 6.07) is 13.1. The lowest BCUT2D eigenvalue weighted by atomic mass is 9.93. The van der Waals surface area contributed by atoms with Gasteiger partial charge in [0.1, 0.15) is 12.1 Å². The van der Waals surface area contributed by atoms with E-state index < -0.39 is 0 Å². The monoisotopic (exact) mass is 336 g/mol. The maximum absolute atomic E-state index is 4.60.